The molecule has 21 heavy (non-hydrogen) atoms. The van der Waals surface area contributed by atoms with Crippen LogP contribution in [0.25, 0.3) is 5.69 Å². The molecule has 5 heteroatoms. The fraction of sp³-hybridized carbons (Fsp3) is 0.375. The van der Waals surface area contributed by atoms with E-state index in [1.54, 1.807) is 22.9 Å². The molecule has 0 bridgehead atoms. The Hall–Kier alpha value is -2.17. The summed E-state index contributed by atoms with van der Waals surface area (Å²) in [7, 11) is 0. The van der Waals surface area contributed by atoms with E-state index in [-0.39, 0.29) is 17.6 Å². The quantitative estimate of drug-likeness (QED) is 0.912. The summed E-state index contributed by atoms with van der Waals surface area (Å²) < 4.78 is 14.6. The molecule has 1 aromatic carbocycles. The average molecular weight is 289 g/mol. The molecule has 4 nitrogen and oxygen atoms in total. The summed E-state index contributed by atoms with van der Waals surface area (Å²) in [6.45, 7) is 5.81. The lowest BCUT2D eigenvalue weighted by molar-refractivity contribution is -0.119. The molecule has 1 aromatic heterocycles. The molecular formula is C16H20FN3O. The third kappa shape index (κ3) is 3.68. The van der Waals surface area contributed by atoms with E-state index >= 15 is 0 Å². The molecule has 1 unspecified atom stereocenters. The Morgan fingerprint density at radius 2 is 2.05 bits per heavy atom. The van der Waals surface area contributed by atoms with E-state index in [9.17, 15) is 9.18 Å². The Bertz CT molecular complexity index is 619. The van der Waals surface area contributed by atoms with Crippen molar-refractivity contribution in [1.29, 1.82) is 0 Å². The van der Waals surface area contributed by atoms with Crippen LogP contribution in [-0.4, -0.2) is 15.7 Å². The lowest BCUT2D eigenvalue weighted by Gasteiger charge is -2.12. The number of halogens is 1. The number of aromatic nitrogens is 2. The molecule has 2 aromatic rings. The van der Waals surface area contributed by atoms with Gasteiger partial charge in [-0.1, -0.05) is 20.3 Å². The number of aryl methyl sites for hydroxylation is 1. The Morgan fingerprint density at radius 3 is 2.67 bits per heavy atom. The fourth-order valence-corrected chi connectivity index (χ4v) is 2.18. The first-order chi connectivity index (χ1) is 10.0. The summed E-state index contributed by atoms with van der Waals surface area (Å²) >= 11 is 0. The second-order valence-corrected chi connectivity index (χ2v) is 5.24. The number of rotatable bonds is 5. The van der Waals surface area contributed by atoms with Crippen molar-refractivity contribution in [1.82, 2.24) is 9.78 Å². The number of carbonyl (C=O) groups is 1. The number of nitrogens with zero attached hydrogens (tertiary/aromatic N) is 2. The minimum Gasteiger partial charge on any atom is -0.310 e. The topological polar surface area (TPSA) is 46.9 Å². The Kier molecular flexibility index (Phi) is 4.73. The summed E-state index contributed by atoms with van der Waals surface area (Å²) in [5.74, 6) is 0.226. The lowest BCUT2D eigenvalue weighted by Crippen LogP contribution is -2.21. The molecule has 2 rings (SSSR count). The smallest absolute Gasteiger partial charge is 0.228 e. The summed E-state index contributed by atoms with van der Waals surface area (Å²) in [6, 6.07) is 7.81. The summed E-state index contributed by atoms with van der Waals surface area (Å²) in [6.07, 6.45) is 1.81. The second-order valence-electron chi connectivity index (χ2n) is 5.24. The molecule has 1 heterocycles. The third-order valence-electron chi connectivity index (χ3n) is 3.32. The highest BCUT2D eigenvalue weighted by molar-refractivity contribution is 5.91. The van der Waals surface area contributed by atoms with Gasteiger partial charge in [0.25, 0.3) is 0 Å². The summed E-state index contributed by atoms with van der Waals surface area (Å²) in [5, 5.41) is 7.25. The van der Waals surface area contributed by atoms with Gasteiger partial charge in [-0.25, -0.2) is 9.07 Å². The number of benzene rings is 1. The van der Waals surface area contributed by atoms with Crippen LogP contribution in [-0.2, 0) is 4.79 Å². The van der Waals surface area contributed by atoms with Crippen molar-refractivity contribution in [3.63, 3.8) is 0 Å². The van der Waals surface area contributed by atoms with Gasteiger partial charge in [0, 0.05) is 12.0 Å². The molecule has 0 fully saturated rings. The molecule has 1 amide bonds. The molecule has 1 atom stereocenters. The molecular weight excluding hydrogens is 269 g/mol. The standard InChI is InChI=1S/C16H20FN3O/c1-4-5-11(2)16(21)18-15-10-12(3)19-20(15)14-8-6-13(17)7-9-14/h6-11H,4-5H2,1-3H3,(H,18,21). The Balaban J connectivity index is 2.25. The monoisotopic (exact) mass is 289 g/mol. The van der Waals surface area contributed by atoms with E-state index in [1.807, 2.05) is 13.8 Å². The molecule has 1 N–H and O–H groups in total. The van der Waals surface area contributed by atoms with Crippen molar-refractivity contribution in [2.45, 2.75) is 33.6 Å². The zero-order valence-electron chi connectivity index (χ0n) is 12.6. The predicted octanol–water partition coefficient (Wildman–Crippen LogP) is 3.69. The van der Waals surface area contributed by atoms with Crippen LogP contribution in [0.15, 0.2) is 30.3 Å². The minimum absolute atomic E-state index is 0.0277. The molecule has 0 aliphatic heterocycles. The van der Waals surface area contributed by atoms with Gasteiger partial charge in [0.1, 0.15) is 11.6 Å². The molecule has 0 saturated carbocycles. The minimum atomic E-state index is -0.301. The van der Waals surface area contributed by atoms with E-state index in [1.165, 1.54) is 12.1 Å². The van der Waals surface area contributed by atoms with Crippen molar-refractivity contribution >= 4 is 11.7 Å². The van der Waals surface area contributed by atoms with E-state index < -0.39 is 0 Å². The number of anilines is 1. The van der Waals surface area contributed by atoms with Crippen molar-refractivity contribution in [2.75, 3.05) is 5.32 Å². The third-order valence-corrected chi connectivity index (χ3v) is 3.32. The molecule has 0 spiro atoms. The highest BCUT2D eigenvalue weighted by Crippen LogP contribution is 2.19. The molecule has 0 aliphatic carbocycles. The van der Waals surface area contributed by atoms with Gasteiger partial charge in [-0.15, -0.1) is 0 Å². The SMILES string of the molecule is CCCC(C)C(=O)Nc1cc(C)nn1-c1ccc(F)cc1. The lowest BCUT2D eigenvalue weighted by atomic mass is 10.1. The maximum absolute atomic E-state index is 13.0. The molecule has 112 valence electrons. The first kappa shape index (κ1) is 15.2. The molecule has 0 radical (unpaired) electrons. The van der Waals surface area contributed by atoms with Crippen LogP contribution in [0.2, 0.25) is 0 Å². The number of carbonyl (C=O) groups excluding carboxylic acids is 1. The predicted molar refractivity (Wildman–Crippen MR) is 81.0 cm³/mol. The van der Waals surface area contributed by atoms with Gasteiger partial charge in [0.15, 0.2) is 0 Å². The fourth-order valence-electron chi connectivity index (χ4n) is 2.18. The number of nitrogens with one attached hydrogen (secondary N) is 1. The maximum Gasteiger partial charge on any atom is 0.228 e. The van der Waals surface area contributed by atoms with E-state index in [0.717, 1.165) is 18.5 Å². The van der Waals surface area contributed by atoms with Gasteiger partial charge in [-0.05, 0) is 37.6 Å². The van der Waals surface area contributed by atoms with E-state index in [0.29, 0.717) is 11.5 Å². The largest absolute Gasteiger partial charge is 0.310 e. The maximum atomic E-state index is 13.0. The van der Waals surface area contributed by atoms with Crippen LogP contribution in [0.3, 0.4) is 0 Å². The van der Waals surface area contributed by atoms with Gasteiger partial charge in [-0.2, -0.15) is 5.10 Å². The van der Waals surface area contributed by atoms with Gasteiger partial charge in [0.2, 0.25) is 5.91 Å². The molecule has 0 aliphatic rings. The van der Waals surface area contributed by atoms with Gasteiger partial charge in [-0.3, -0.25) is 4.79 Å². The van der Waals surface area contributed by atoms with Gasteiger partial charge in [0.05, 0.1) is 11.4 Å². The van der Waals surface area contributed by atoms with Crippen LogP contribution >= 0.6 is 0 Å². The van der Waals surface area contributed by atoms with Crippen LogP contribution < -0.4 is 5.32 Å². The summed E-state index contributed by atoms with van der Waals surface area (Å²) in [4.78, 5) is 12.1. The highest BCUT2D eigenvalue weighted by atomic mass is 19.1. The van der Waals surface area contributed by atoms with Crippen molar-refractivity contribution in [2.24, 2.45) is 5.92 Å². The van der Waals surface area contributed by atoms with E-state index in [2.05, 4.69) is 17.3 Å². The summed E-state index contributed by atoms with van der Waals surface area (Å²) in [5.41, 5.74) is 1.50. The Morgan fingerprint density at radius 1 is 1.38 bits per heavy atom. The van der Waals surface area contributed by atoms with Crippen LogP contribution in [0.5, 0.6) is 0 Å². The van der Waals surface area contributed by atoms with Crippen LogP contribution in [0.4, 0.5) is 10.2 Å². The second kappa shape index (κ2) is 6.52. The number of hydrogen-bond donors (Lipinski definition) is 1. The number of amides is 1. The Labute approximate surface area is 124 Å². The van der Waals surface area contributed by atoms with Gasteiger partial charge >= 0.3 is 0 Å². The van der Waals surface area contributed by atoms with Gasteiger partial charge < -0.3 is 5.32 Å². The molecule has 0 saturated heterocycles. The number of hydrogen-bond acceptors (Lipinski definition) is 2. The highest BCUT2D eigenvalue weighted by Gasteiger charge is 2.15. The van der Waals surface area contributed by atoms with Crippen molar-refractivity contribution in [3.8, 4) is 5.69 Å². The normalized spacial score (nSPS) is 12.2. The average Bonchev–Trinajstić information content (AvgIpc) is 2.80. The zero-order chi connectivity index (χ0) is 15.4. The van der Waals surface area contributed by atoms with Crippen molar-refractivity contribution < 1.29 is 9.18 Å². The first-order valence-electron chi connectivity index (χ1n) is 7.14. The van der Waals surface area contributed by atoms with Crippen LogP contribution in [0, 0.1) is 18.7 Å². The van der Waals surface area contributed by atoms with Crippen LogP contribution in [0.1, 0.15) is 32.4 Å². The van der Waals surface area contributed by atoms with E-state index in [4.69, 9.17) is 0 Å². The zero-order valence-corrected chi connectivity index (χ0v) is 12.6. The van der Waals surface area contributed by atoms with Crippen molar-refractivity contribution in [3.05, 3.63) is 41.8 Å². The first-order valence-corrected chi connectivity index (χ1v) is 7.14.